The highest BCUT2D eigenvalue weighted by atomic mass is 32.2. The van der Waals surface area contributed by atoms with Crippen molar-refractivity contribution in [2.24, 2.45) is 5.73 Å². The minimum atomic E-state index is 0.430. The maximum atomic E-state index is 5.69. The lowest BCUT2D eigenvalue weighted by atomic mass is 9.95. The third-order valence-electron chi connectivity index (χ3n) is 3.60. The molecule has 5 heteroatoms. The van der Waals surface area contributed by atoms with Crippen LogP contribution in [0.5, 0.6) is 0 Å². The summed E-state index contributed by atoms with van der Waals surface area (Å²) in [6.45, 7) is 1.97. The van der Waals surface area contributed by atoms with Crippen LogP contribution in [-0.4, -0.2) is 27.5 Å². The first-order valence-electron chi connectivity index (χ1n) is 6.66. The van der Waals surface area contributed by atoms with Gasteiger partial charge < -0.3 is 11.1 Å². The summed E-state index contributed by atoms with van der Waals surface area (Å²) in [5.41, 5.74) is 7.54. The Hall–Kier alpha value is -0.810. The van der Waals surface area contributed by atoms with Crippen molar-refractivity contribution >= 4 is 34.8 Å². The van der Waals surface area contributed by atoms with E-state index < -0.39 is 0 Å². The number of aryl methyl sites for hydroxylation is 1. The lowest BCUT2D eigenvalue weighted by molar-refractivity contribution is 0.472. The molecular formula is C14H21N3S2. The number of hydrogen-bond donors (Lipinski definition) is 2. The number of thioether (sulfide) groups is 1. The molecule has 1 aromatic heterocycles. The number of anilines is 1. The van der Waals surface area contributed by atoms with Gasteiger partial charge in [0, 0.05) is 22.5 Å². The van der Waals surface area contributed by atoms with Crippen LogP contribution in [0, 0.1) is 6.92 Å². The summed E-state index contributed by atoms with van der Waals surface area (Å²) < 4.78 is 0. The third kappa shape index (κ3) is 4.08. The van der Waals surface area contributed by atoms with E-state index in [0.717, 1.165) is 22.3 Å². The SMILES string of the molecule is CSC1CCC(Nc2cc(C(N)=S)cc(C)n2)CC1. The zero-order valence-corrected chi connectivity index (χ0v) is 13.1. The molecule has 2 rings (SSSR count). The average Bonchev–Trinajstić information content (AvgIpc) is 2.39. The summed E-state index contributed by atoms with van der Waals surface area (Å²) in [4.78, 5) is 4.95. The topological polar surface area (TPSA) is 50.9 Å². The van der Waals surface area contributed by atoms with Crippen molar-refractivity contribution in [3.63, 3.8) is 0 Å². The first kappa shape index (κ1) is 14.6. The van der Waals surface area contributed by atoms with Gasteiger partial charge in [-0.05, 0) is 51.0 Å². The fraction of sp³-hybridized carbons (Fsp3) is 0.571. The Balaban J connectivity index is 2.01. The minimum Gasteiger partial charge on any atom is -0.389 e. The first-order chi connectivity index (χ1) is 9.08. The number of aromatic nitrogens is 1. The van der Waals surface area contributed by atoms with Gasteiger partial charge in [0.2, 0.25) is 0 Å². The lowest BCUT2D eigenvalue weighted by Gasteiger charge is -2.28. The van der Waals surface area contributed by atoms with E-state index in [9.17, 15) is 0 Å². The Kier molecular flexibility index (Phi) is 5.05. The molecule has 0 saturated heterocycles. The van der Waals surface area contributed by atoms with E-state index in [1.165, 1.54) is 25.7 Å². The molecule has 1 aliphatic carbocycles. The van der Waals surface area contributed by atoms with Gasteiger partial charge in [0.1, 0.15) is 10.8 Å². The number of nitrogens with zero attached hydrogens (tertiary/aromatic N) is 1. The van der Waals surface area contributed by atoms with E-state index in [-0.39, 0.29) is 0 Å². The quantitative estimate of drug-likeness (QED) is 0.836. The Morgan fingerprint density at radius 1 is 1.37 bits per heavy atom. The Bertz CT molecular complexity index is 454. The number of nitrogens with one attached hydrogen (secondary N) is 1. The largest absolute Gasteiger partial charge is 0.389 e. The van der Waals surface area contributed by atoms with E-state index in [1.54, 1.807) is 0 Å². The molecule has 0 spiro atoms. The smallest absolute Gasteiger partial charge is 0.127 e. The second kappa shape index (κ2) is 6.57. The Morgan fingerprint density at radius 2 is 2.05 bits per heavy atom. The second-order valence-corrected chi connectivity index (χ2v) is 6.68. The second-order valence-electron chi connectivity index (χ2n) is 5.10. The number of rotatable bonds is 4. The molecule has 1 fully saturated rings. The van der Waals surface area contributed by atoms with Gasteiger partial charge in [-0.3, -0.25) is 0 Å². The maximum absolute atomic E-state index is 5.69. The predicted octanol–water partition coefficient (Wildman–Crippen LogP) is 3.11. The van der Waals surface area contributed by atoms with Crippen molar-refractivity contribution in [2.45, 2.75) is 43.9 Å². The number of thiocarbonyl (C=S) groups is 1. The molecule has 3 N–H and O–H groups in total. The van der Waals surface area contributed by atoms with Gasteiger partial charge in [0.15, 0.2) is 0 Å². The van der Waals surface area contributed by atoms with E-state index in [1.807, 2.05) is 30.8 Å². The molecule has 1 saturated carbocycles. The van der Waals surface area contributed by atoms with Crippen molar-refractivity contribution in [3.8, 4) is 0 Å². The molecule has 0 atom stereocenters. The summed E-state index contributed by atoms with van der Waals surface area (Å²) in [7, 11) is 0. The highest BCUT2D eigenvalue weighted by molar-refractivity contribution is 7.99. The molecule has 0 aliphatic heterocycles. The van der Waals surface area contributed by atoms with Crippen molar-refractivity contribution in [2.75, 3.05) is 11.6 Å². The van der Waals surface area contributed by atoms with Gasteiger partial charge in [-0.2, -0.15) is 11.8 Å². The molecule has 0 radical (unpaired) electrons. The number of pyridine rings is 1. The Morgan fingerprint density at radius 3 is 2.63 bits per heavy atom. The fourth-order valence-corrected chi connectivity index (χ4v) is 3.40. The van der Waals surface area contributed by atoms with Gasteiger partial charge in [-0.25, -0.2) is 4.98 Å². The summed E-state index contributed by atoms with van der Waals surface area (Å²) in [5.74, 6) is 0.899. The third-order valence-corrected chi connectivity index (χ3v) is 4.97. The standard InChI is InChI=1S/C14H21N3S2/c1-9-7-10(14(15)18)8-13(16-9)17-11-3-5-12(19-2)6-4-11/h7-8,11-12H,3-6H2,1-2H3,(H2,15,18)(H,16,17). The van der Waals surface area contributed by atoms with Crippen molar-refractivity contribution in [3.05, 3.63) is 23.4 Å². The number of nitrogens with two attached hydrogens (primary N) is 1. The molecular weight excluding hydrogens is 274 g/mol. The van der Waals surface area contributed by atoms with Crippen LogP contribution in [0.3, 0.4) is 0 Å². The summed E-state index contributed by atoms with van der Waals surface area (Å²) >= 11 is 7.02. The van der Waals surface area contributed by atoms with Crippen molar-refractivity contribution in [1.82, 2.24) is 4.98 Å². The zero-order valence-electron chi connectivity index (χ0n) is 11.5. The molecule has 1 aromatic rings. The summed E-state index contributed by atoms with van der Waals surface area (Å²) in [5, 5.41) is 4.36. The van der Waals surface area contributed by atoms with Crippen molar-refractivity contribution < 1.29 is 0 Å². The first-order valence-corrected chi connectivity index (χ1v) is 8.36. The van der Waals surface area contributed by atoms with Crippen LogP contribution in [0.2, 0.25) is 0 Å². The van der Waals surface area contributed by atoms with Crippen LogP contribution in [0.25, 0.3) is 0 Å². The molecule has 1 aliphatic rings. The monoisotopic (exact) mass is 295 g/mol. The van der Waals surface area contributed by atoms with E-state index in [4.69, 9.17) is 18.0 Å². The molecule has 104 valence electrons. The predicted molar refractivity (Wildman–Crippen MR) is 88.0 cm³/mol. The number of hydrogen-bond acceptors (Lipinski definition) is 4. The van der Waals surface area contributed by atoms with Gasteiger partial charge in [0.25, 0.3) is 0 Å². The molecule has 1 heterocycles. The van der Waals surface area contributed by atoms with E-state index in [0.29, 0.717) is 11.0 Å². The van der Waals surface area contributed by atoms with Crippen LogP contribution < -0.4 is 11.1 Å². The lowest BCUT2D eigenvalue weighted by Crippen LogP contribution is -2.27. The maximum Gasteiger partial charge on any atom is 0.127 e. The van der Waals surface area contributed by atoms with E-state index >= 15 is 0 Å². The molecule has 19 heavy (non-hydrogen) atoms. The van der Waals surface area contributed by atoms with Crippen LogP contribution in [0.4, 0.5) is 5.82 Å². The van der Waals surface area contributed by atoms with Crippen LogP contribution in [-0.2, 0) is 0 Å². The van der Waals surface area contributed by atoms with Gasteiger partial charge in [-0.15, -0.1) is 0 Å². The van der Waals surface area contributed by atoms with E-state index in [2.05, 4.69) is 16.6 Å². The zero-order chi connectivity index (χ0) is 13.8. The van der Waals surface area contributed by atoms with Crippen LogP contribution >= 0.6 is 24.0 Å². The van der Waals surface area contributed by atoms with Gasteiger partial charge in [0.05, 0.1) is 0 Å². The molecule has 3 nitrogen and oxygen atoms in total. The van der Waals surface area contributed by atoms with Gasteiger partial charge in [-0.1, -0.05) is 12.2 Å². The molecule has 0 unspecified atom stereocenters. The normalized spacial score (nSPS) is 23.1. The summed E-state index contributed by atoms with van der Waals surface area (Å²) in [6.07, 6.45) is 7.20. The Labute approximate surface area is 124 Å². The highest BCUT2D eigenvalue weighted by Crippen LogP contribution is 2.28. The fourth-order valence-electron chi connectivity index (χ4n) is 2.54. The van der Waals surface area contributed by atoms with Gasteiger partial charge >= 0.3 is 0 Å². The molecule has 0 amide bonds. The van der Waals surface area contributed by atoms with Crippen LogP contribution in [0.1, 0.15) is 36.9 Å². The average molecular weight is 295 g/mol. The molecule has 0 aromatic carbocycles. The molecule has 0 bridgehead atoms. The van der Waals surface area contributed by atoms with Crippen LogP contribution in [0.15, 0.2) is 12.1 Å². The summed E-state index contributed by atoms with van der Waals surface area (Å²) in [6, 6.07) is 4.41. The minimum absolute atomic E-state index is 0.430. The van der Waals surface area contributed by atoms with Crippen molar-refractivity contribution in [1.29, 1.82) is 0 Å². The highest BCUT2D eigenvalue weighted by Gasteiger charge is 2.20.